The molecule has 1 atom stereocenters. The van der Waals surface area contributed by atoms with E-state index in [0.29, 0.717) is 30.2 Å². The van der Waals surface area contributed by atoms with Gasteiger partial charge < -0.3 is 19.7 Å². The molecule has 0 saturated carbocycles. The number of hydrogen-bond acceptors (Lipinski definition) is 7. The first-order valence-corrected chi connectivity index (χ1v) is 10.6. The number of carbonyl (C=O) groups excluding carboxylic acids is 2. The van der Waals surface area contributed by atoms with Gasteiger partial charge in [-0.15, -0.1) is 0 Å². The lowest BCUT2D eigenvalue weighted by atomic mass is 10.1. The minimum Gasteiger partial charge on any atom is -0.444 e. The van der Waals surface area contributed by atoms with Crippen LogP contribution in [0.3, 0.4) is 0 Å². The van der Waals surface area contributed by atoms with Gasteiger partial charge in [-0.25, -0.2) is 14.8 Å². The van der Waals surface area contributed by atoms with E-state index in [1.807, 2.05) is 26.8 Å². The van der Waals surface area contributed by atoms with E-state index in [2.05, 4.69) is 37.9 Å². The minimum atomic E-state index is -0.524. The zero-order chi connectivity index (χ0) is 21.2. The van der Waals surface area contributed by atoms with Crippen LogP contribution in [-0.2, 0) is 9.53 Å². The van der Waals surface area contributed by atoms with E-state index in [0.717, 1.165) is 21.8 Å². The number of likely N-dealkylation sites (tertiary alicyclic amines) is 1. The van der Waals surface area contributed by atoms with Crippen molar-refractivity contribution >= 4 is 51.4 Å². The fourth-order valence-corrected chi connectivity index (χ4v) is 3.82. The Morgan fingerprint density at radius 3 is 2.72 bits per heavy atom. The Hall–Kier alpha value is -2.17. The summed E-state index contributed by atoms with van der Waals surface area (Å²) < 4.78 is 11.7. The van der Waals surface area contributed by atoms with Crippen LogP contribution in [0.15, 0.2) is 18.5 Å². The zero-order valence-corrected chi connectivity index (χ0v) is 19.1. The third-order valence-electron chi connectivity index (χ3n) is 4.34. The molecule has 0 radical (unpaired) electrons. The standard InChI is InChI=1S/C20H25IN4O4/c1-12(26)28-16-9-13(21)8-15-17(16)22-11-23-18(15)24-14-6-5-7-25(10-14)19(27)29-20(2,3)4/h8-9,11,14H,5-7,10H2,1-4H3,(H,22,23,24)/t14-/m0/s1. The van der Waals surface area contributed by atoms with Gasteiger partial charge in [0.2, 0.25) is 0 Å². The van der Waals surface area contributed by atoms with Crippen LogP contribution < -0.4 is 10.1 Å². The normalized spacial score (nSPS) is 17.1. The summed E-state index contributed by atoms with van der Waals surface area (Å²) in [7, 11) is 0. The van der Waals surface area contributed by atoms with Crippen molar-refractivity contribution < 1.29 is 19.1 Å². The fraction of sp³-hybridized carbons (Fsp3) is 0.500. The molecule has 1 aliphatic rings. The van der Waals surface area contributed by atoms with Gasteiger partial charge in [-0.2, -0.15) is 0 Å². The minimum absolute atomic E-state index is 0.0319. The first kappa shape index (κ1) is 21.5. The number of aromatic nitrogens is 2. The van der Waals surface area contributed by atoms with E-state index in [1.54, 1.807) is 11.0 Å². The van der Waals surface area contributed by atoms with Crippen LogP contribution in [-0.4, -0.2) is 51.7 Å². The first-order valence-electron chi connectivity index (χ1n) is 9.49. The van der Waals surface area contributed by atoms with Crippen LogP contribution in [0.1, 0.15) is 40.5 Å². The number of ether oxygens (including phenoxy) is 2. The molecule has 29 heavy (non-hydrogen) atoms. The second-order valence-corrected chi connectivity index (χ2v) is 9.27. The summed E-state index contributed by atoms with van der Waals surface area (Å²) in [6.45, 7) is 8.15. The summed E-state index contributed by atoms with van der Waals surface area (Å²) >= 11 is 2.17. The van der Waals surface area contributed by atoms with Gasteiger partial charge in [0.1, 0.15) is 23.3 Å². The molecule has 1 aliphatic heterocycles. The largest absolute Gasteiger partial charge is 0.444 e. The van der Waals surface area contributed by atoms with Crippen LogP contribution >= 0.6 is 22.6 Å². The van der Waals surface area contributed by atoms with E-state index in [4.69, 9.17) is 9.47 Å². The van der Waals surface area contributed by atoms with E-state index in [1.165, 1.54) is 13.3 Å². The molecule has 8 nitrogen and oxygen atoms in total. The molecule has 1 aromatic carbocycles. The van der Waals surface area contributed by atoms with Crippen molar-refractivity contribution in [1.29, 1.82) is 0 Å². The average molecular weight is 512 g/mol. The summed E-state index contributed by atoms with van der Waals surface area (Å²) in [4.78, 5) is 34.3. The second-order valence-electron chi connectivity index (χ2n) is 8.03. The molecule has 156 valence electrons. The lowest BCUT2D eigenvalue weighted by molar-refractivity contribution is -0.131. The first-order chi connectivity index (χ1) is 13.6. The van der Waals surface area contributed by atoms with Crippen LogP contribution in [0, 0.1) is 3.57 Å². The summed E-state index contributed by atoms with van der Waals surface area (Å²) in [5.74, 6) is 0.656. The zero-order valence-electron chi connectivity index (χ0n) is 17.0. The quantitative estimate of drug-likeness (QED) is 0.378. The third-order valence-corrected chi connectivity index (χ3v) is 4.96. The van der Waals surface area contributed by atoms with Crippen molar-refractivity contribution in [3.63, 3.8) is 0 Å². The number of carbonyl (C=O) groups is 2. The molecule has 1 amide bonds. The molecular weight excluding hydrogens is 487 g/mol. The van der Waals surface area contributed by atoms with Crippen molar-refractivity contribution in [3.8, 4) is 5.75 Å². The molecule has 2 heterocycles. The predicted molar refractivity (Wildman–Crippen MR) is 118 cm³/mol. The SMILES string of the molecule is CC(=O)Oc1cc(I)cc2c(N[C@H]3CCCN(C(=O)OC(C)(C)C)C3)ncnc12. The van der Waals surface area contributed by atoms with Gasteiger partial charge in [0, 0.05) is 35.0 Å². The Kier molecular flexibility index (Phi) is 6.45. The number of hydrogen-bond donors (Lipinski definition) is 1. The van der Waals surface area contributed by atoms with Crippen molar-refractivity contribution in [2.45, 2.75) is 52.2 Å². The third kappa shape index (κ3) is 5.68. The number of rotatable bonds is 3. The van der Waals surface area contributed by atoms with E-state index in [-0.39, 0.29) is 12.1 Å². The molecule has 3 rings (SSSR count). The molecule has 9 heteroatoms. The number of anilines is 1. The molecule has 1 saturated heterocycles. The Morgan fingerprint density at radius 1 is 1.28 bits per heavy atom. The van der Waals surface area contributed by atoms with Crippen LogP contribution in [0.25, 0.3) is 10.9 Å². The van der Waals surface area contributed by atoms with E-state index < -0.39 is 11.6 Å². The highest BCUT2D eigenvalue weighted by molar-refractivity contribution is 14.1. The summed E-state index contributed by atoms with van der Waals surface area (Å²) in [5, 5.41) is 4.20. The smallest absolute Gasteiger partial charge is 0.410 e. The number of benzene rings is 1. The Labute approximate surface area is 183 Å². The number of fused-ring (bicyclic) bond motifs is 1. The molecule has 0 unspecified atom stereocenters. The van der Waals surface area contributed by atoms with Gasteiger partial charge in [-0.1, -0.05) is 0 Å². The Morgan fingerprint density at radius 2 is 2.03 bits per heavy atom. The molecule has 1 fully saturated rings. The Balaban J connectivity index is 1.82. The molecule has 0 aliphatic carbocycles. The lowest BCUT2D eigenvalue weighted by Crippen LogP contribution is -2.47. The topological polar surface area (TPSA) is 93.7 Å². The van der Waals surface area contributed by atoms with Gasteiger partial charge in [0.25, 0.3) is 0 Å². The molecule has 0 spiro atoms. The summed E-state index contributed by atoms with van der Waals surface area (Å²) in [5.41, 5.74) is 0.0438. The number of amides is 1. The van der Waals surface area contributed by atoms with E-state index >= 15 is 0 Å². The van der Waals surface area contributed by atoms with Gasteiger partial charge >= 0.3 is 12.1 Å². The molecule has 1 aromatic heterocycles. The maximum absolute atomic E-state index is 12.4. The molecule has 2 aromatic rings. The van der Waals surface area contributed by atoms with Gasteiger partial charge in [0.15, 0.2) is 5.75 Å². The van der Waals surface area contributed by atoms with Crippen LogP contribution in [0.2, 0.25) is 0 Å². The van der Waals surface area contributed by atoms with Crippen molar-refractivity contribution in [3.05, 3.63) is 22.0 Å². The van der Waals surface area contributed by atoms with Crippen molar-refractivity contribution in [2.75, 3.05) is 18.4 Å². The maximum Gasteiger partial charge on any atom is 0.410 e. The molecule has 1 N–H and O–H groups in total. The Bertz CT molecular complexity index is 929. The van der Waals surface area contributed by atoms with Gasteiger partial charge in [0.05, 0.1) is 0 Å². The monoisotopic (exact) mass is 512 g/mol. The van der Waals surface area contributed by atoms with E-state index in [9.17, 15) is 9.59 Å². The number of nitrogens with one attached hydrogen (secondary N) is 1. The highest BCUT2D eigenvalue weighted by Crippen LogP contribution is 2.31. The van der Waals surface area contributed by atoms with Gasteiger partial charge in [-0.3, -0.25) is 4.79 Å². The van der Waals surface area contributed by atoms with Crippen molar-refractivity contribution in [2.24, 2.45) is 0 Å². The highest BCUT2D eigenvalue weighted by Gasteiger charge is 2.28. The van der Waals surface area contributed by atoms with Crippen LogP contribution in [0.4, 0.5) is 10.6 Å². The average Bonchev–Trinajstić information content (AvgIpc) is 2.61. The maximum atomic E-state index is 12.4. The molecule has 0 bridgehead atoms. The number of halogens is 1. The van der Waals surface area contributed by atoms with Crippen molar-refractivity contribution in [1.82, 2.24) is 14.9 Å². The van der Waals surface area contributed by atoms with Gasteiger partial charge in [-0.05, 0) is 68.3 Å². The predicted octanol–water partition coefficient (Wildman–Crippen LogP) is 3.97. The number of esters is 1. The molecular formula is C20H25IN4O4. The summed E-state index contributed by atoms with van der Waals surface area (Å²) in [6, 6.07) is 3.75. The van der Waals surface area contributed by atoms with Crippen LogP contribution in [0.5, 0.6) is 5.75 Å². The summed E-state index contributed by atoms with van der Waals surface area (Å²) in [6.07, 6.45) is 2.92. The second kappa shape index (κ2) is 8.68. The number of nitrogens with zero attached hydrogens (tertiary/aromatic N) is 3. The lowest BCUT2D eigenvalue weighted by Gasteiger charge is -2.34. The highest BCUT2D eigenvalue weighted by atomic mass is 127. The fourth-order valence-electron chi connectivity index (χ4n) is 3.23. The number of piperidine rings is 1.